The van der Waals surface area contributed by atoms with Gasteiger partial charge in [0.2, 0.25) is 0 Å². The van der Waals surface area contributed by atoms with Gasteiger partial charge in [-0.3, -0.25) is 4.79 Å². The van der Waals surface area contributed by atoms with E-state index in [0.29, 0.717) is 36.1 Å². The summed E-state index contributed by atoms with van der Waals surface area (Å²) in [7, 11) is 0. The van der Waals surface area contributed by atoms with Crippen LogP contribution in [0.4, 0.5) is 5.69 Å². The van der Waals surface area contributed by atoms with Crippen LogP contribution in [0.15, 0.2) is 18.2 Å². The molecule has 0 fully saturated rings. The quantitative estimate of drug-likeness (QED) is 0.537. The number of nitrogens with one attached hydrogen (secondary N) is 1. The molecule has 5 heteroatoms. The van der Waals surface area contributed by atoms with Crippen LogP contribution in [0.2, 0.25) is 5.02 Å². The van der Waals surface area contributed by atoms with Crippen molar-refractivity contribution in [3.8, 4) is 5.75 Å². The molecule has 136 valence electrons. The van der Waals surface area contributed by atoms with Crippen molar-refractivity contribution in [2.24, 2.45) is 0 Å². The number of hydrogen-bond donors (Lipinski definition) is 1. The molecule has 0 radical (unpaired) electrons. The fourth-order valence-corrected chi connectivity index (χ4v) is 2.64. The summed E-state index contributed by atoms with van der Waals surface area (Å²) >= 11 is 6.18. The number of anilines is 1. The van der Waals surface area contributed by atoms with Gasteiger partial charge in [-0.15, -0.1) is 0 Å². The smallest absolute Gasteiger partial charge is 0.256 e. The highest BCUT2D eigenvalue weighted by Gasteiger charge is 2.33. The first-order valence-electron chi connectivity index (χ1n) is 8.84. The third-order valence-corrected chi connectivity index (χ3v) is 4.15. The van der Waals surface area contributed by atoms with Crippen molar-refractivity contribution in [1.29, 1.82) is 0 Å². The van der Waals surface area contributed by atoms with Gasteiger partial charge >= 0.3 is 0 Å². The number of amides is 1. The Bertz CT molecular complexity index is 521. The molecule has 4 nitrogen and oxygen atoms in total. The fourth-order valence-electron chi connectivity index (χ4n) is 2.41. The van der Waals surface area contributed by atoms with Gasteiger partial charge in [0, 0.05) is 12.3 Å². The van der Waals surface area contributed by atoms with Crippen LogP contribution in [0.5, 0.6) is 5.75 Å². The van der Waals surface area contributed by atoms with Gasteiger partial charge in [0.25, 0.3) is 5.91 Å². The lowest BCUT2D eigenvalue weighted by atomic mass is 9.96. The first-order valence-corrected chi connectivity index (χ1v) is 9.22. The topological polar surface area (TPSA) is 47.6 Å². The Morgan fingerprint density at radius 2 is 1.96 bits per heavy atom. The van der Waals surface area contributed by atoms with Crippen molar-refractivity contribution in [3.63, 3.8) is 0 Å². The normalized spacial score (nSPS) is 13.4. The molecule has 0 heterocycles. The predicted octanol–water partition coefficient (Wildman–Crippen LogP) is 5.44. The number of rotatable bonds is 11. The minimum Gasteiger partial charge on any atom is -0.492 e. The minimum absolute atomic E-state index is 0.132. The van der Waals surface area contributed by atoms with Crippen molar-refractivity contribution in [3.05, 3.63) is 23.2 Å². The molecule has 1 rings (SSSR count). The Morgan fingerprint density at radius 1 is 1.21 bits per heavy atom. The molecular weight excluding hydrogens is 326 g/mol. The first-order chi connectivity index (χ1) is 11.5. The first kappa shape index (κ1) is 20.8. The molecule has 0 spiro atoms. The zero-order chi connectivity index (χ0) is 18.0. The lowest BCUT2D eigenvalue weighted by Gasteiger charge is -2.29. The Balaban J connectivity index is 2.80. The summed E-state index contributed by atoms with van der Waals surface area (Å²) in [5.41, 5.74) is -0.175. The van der Waals surface area contributed by atoms with Crippen LogP contribution in [-0.2, 0) is 9.53 Å². The molecule has 0 saturated carbocycles. The molecule has 0 aliphatic rings. The zero-order valence-corrected chi connectivity index (χ0v) is 16.0. The van der Waals surface area contributed by atoms with Crippen LogP contribution < -0.4 is 10.1 Å². The molecule has 1 N–H and O–H groups in total. The van der Waals surface area contributed by atoms with E-state index in [4.69, 9.17) is 21.1 Å². The van der Waals surface area contributed by atoms with Crippen molar-refractivity contribution in [2.75, 3.05) is 18.5 Å². The van der Waals surface area contributed by atoms with Crippen LogP contribution >= 0.6 is 11.6 Å². The van der Waals surface area contributed by atoms with E-state index in [1.54, 1.807) is 18.2 Å². The largest absolute Gasteiger partial charge is 0.492 e. The molecule has 1 amide bonds. The SMILES string of the molecule is CCCCC[C@@](C)(OCCC)C(=O)Nc1ccc(OCC)c(Cl)c1. The monoisotopic (exact) mass is 355 g/mol. The molecule has 0 bridgehead atoms. The van der Waals surface area contributed by atoms with Crippen LogP contribution in [-0.4, -0.2) is 24.7 Å². The third-order valence-electron chi connectivity index (χ3n) is 3.85. The number of ether oxygens (including phenoxy) is 2. The number of carbonyl (C=O) groups is 1. The Morgan fingerprint density at radius 3 is 2.54 bits per heavy atom. The number of carbonyl (C=O) groups excluding carboxylic acids is 1. The maximum Gasteiger partial charge on any atom is 0.256 e. The zero-order valence-electron chi connectivity index (χ0n) is 15.3. The fraction of sp³-hybridized carbons (Fsp3) is 0.632. The molecule has 0 aromatic heterocycles. The standard InChI is InChI=1S/C19H30ClNO3/c1-5-8-9-12-19(4,24-13-6-2)18(22)21-15-10-11-17(23-7-3)16(20)14-15/h10-11,14H,5-9,12-13H2,1-4H3,(H,21,22)/t19-/m1/s1. The second kappa shape index (κ2) is 10.6. The summed E-state index contributed by atoms with van der Waals surface area (Å²) < 4.78 is 11.3. The molecule has 24 heavy (non-hydrogen) atoms. The molecule has 1 aromatic rings. The van der Waals surface area contributed by atoms with Gasteiger partial charge in [0.05, 0.1) is 11.6 Å². The summed E-state index contributed by atoms with van der Waals surface area (Å²) in [4.78, 5) is 12.7. The second-order valence-electron chi connectivity index (χ2n) is 6.07. The van der Waals surface area contributed by atoms with Crippen molar-refractivity contribution in [1.82, 2.24) is 0 Å². The van der Waals surface area contributed by atoms with E-state index < -0.39 is 5.60 Å². The highest BCUT2D eigenvalue weighted by Crippen LogP contribution is 2.29. The predicted molar refractivity (Wildman–Crippen MR) is 100 cm³/mol. The highest BCUT2D eigenvalue weighted by molar-refractivity contribution is 6.32. The Kier molecular flexibility index (Phi) is 9.16. The number of unbranched alkanes of at least 4 members (excludes halogenated alkanes) is 2. The van der Waals surface area contributed by atoms with Crippen molar-refractivity contribution >= 4 is 23.2 Å². The van der Waals surface area contributed by atoms with E-state index in [2.05, 4.69) is 12.2 Å². The average Bonchev–Trinajstić information content (AvgIpc) is 2.56. The molecule has 0 saturated heterocycles. The van der Waals surface area contributed by atoms with Gasteiger partial charge in [-0.1, -0.05) is 44.7 Å². The maximum absolute atomic E-state index is 12.7. The second-order valence-corrected chi connectivity index (χ2v) is 6.48. The highest BCUT2D eigenvalue weighted by atomic mass is 35.5. The molecular formula is C19H30ClNO3. The van der Waals surface area contributed by atoms with E-state index in [1.807, 2.05) is 20.8 Å². The summed E-state index contributed by atoms with van der Waals surface area (Å²) in [6.07, 6.45) is 4.75. The molecule has 0 unspecified atom stereocenters. The van der Waals surface area contributed by atoms with E-state index in [1.165, 1.54) is 0 Å². The Hall–Kier alpha value is -1.26. The van der Waals surface area contributed by atoms with E-state index in [9.17, 15) is 4.79 Å². The van der Waals surface area contributed by atoms with E-state index >= 15 is 0 Å². The lowest BCUT2D eigenvalue weighted by molar-refractivity contribution is -0.140. The molecule has 0 aliphatic heterocycles. The van der Waals surface area contributed by atoms with E-state index in [0.717, 1.165) is 25.7 Å². The summed E-state index contributed by atoms with van der Waals surface area (Å²) in [6.45, 7) is 9.07. The van der Waals surface area contributed by atoms with E-state index in [-0.39, 0.29) is 5.91 Å². The third kappa shape index (κ3) is 6.33. The van der Waals surface area contributed by atoms with Gasteiger partial charge in [0.1, 0.15) is 11.4 Å². The summed E-state index contributed by atoms with van der Waals surface area (Å²) in [5, 5.41) is 3.41. The summed E-state index contributed by atoms with van der Waals surface area (Å²) in [6, 6.07) is 5.26. The van der Waals surface area contributed by atoms with Crippen LogP contribution in [0.25, 0.3) is 0 Å². The van der Waals surface area contributed by atoms with Gasteiger partial charge in [0.15, 0.2) is 0 Å². The van der Waals surface area contributed by atoms with Crippen molar-refractivity contribution in [2.45, 2.75) is 65.4 Å². The maximum atomic E-state index is 12.7. The van der Waals surface area contributed by atoms with Crippen LogP contribution in [0.3, 0.4) is 0 Å². The van der Waals surface area contributed by atoms with Crippen LogP contribution in [0, 0.1) is 0 Å². The number of hydrogen-bond acceptors (Lipinski definition) is 3. The molecule has 1 atom stereocenters. The summed E-state index contributed by atoms with van der Waals surface area (Å²) in [5.74, 6) is 0.484. The van der Waals surface area contributed by atoms with Gasteiger partial charge in [-0.05, 0) is 44.9 Å². The van der Waals surface area contributed by atoms with Gasteiger partial charge in [-0.25, -0.2) is 0 Å². The van der Waals surface area contributed by atoms with Gasteiger partial charge in [-0.2, -0.15) is 0 Å². The van der Waals surface area contributed by atoms with Gasteiger partial charge < -0.3 is 14.8 Å². The average molecular weight is 356 g/mol. The Labute approximate surface area is 150 Å². The van der Waals surface area contributed by atoms with Crippen molar-refractivity contribution < 1.29 is 14.3 Å². The number of benzene rings is 1. The molecule has 1 aromatic carbocycles. The lowest BCUT2D eigenvalue weighted by Crippen LogP contribution is -2.43. The number of halogens is 1. The minimum atomic E-state index is -0.823. The van der Waals surface area contributed by atoms with Crippen LogP contribution in [0.1, 0.15) is 59.8 Å². The molecule has 0 aliphatic carbocycles.